The number of benzene rings is 2. The van der Waals surface area contributed by atoms with Crippen LogP contribution in [0.15, 0.2) is 36.4 Å². The molecule has 1 amide bonds. The molecule has 8 heteroatoms. The topological polar surface area (TPSA) is 90.7 Å². The first-order chi connectivity index (χ1) is 10.5. The van der Waals surface area contributed by atoms with E-state index in [4.69, 9.17) is 21.1 Å². The number of carbonyl (C=O) groups is 1. The van der Waals surface area contributed by atoms with E-state index in [1.165, 1.54) is 12.1 Å². The first kappa shape index (κ1) is 14.2. The van der Waals surface area contributed by atoms with Crippen molar-refractivity contribution < 1.29 is 19.2 Å². The minimum Gasteiger partial charge on any atom is -0.454 e. The van der Waals surface area contributed by atoms with Gasteiger partial charge in [0.25, 0.3) is 11.6 Å². The maximum absolute atomic E-state index is 12.2. The number of carbonyl (C=O) groups excluding carboxylic acids is 1. The summed E-state index contributed by atoms with van der Waals surface area (Å²) in [5, 5.41) is 13.3. The fraction of sp³-hybridized carbons (Fsp3) is 0.0714. The number of hydrogen-bond acceptors (Lipinski definition) is 5. The maximum Gasteiger partial charge on any atom is 0.270 e. The molecule has 0 spiro atoms. The predicted molar refractivity (Wildman–Crippen MR) is 78.6 cm³/mol. The maximum atomic E-state index is 12.2. The van der Waals surface area contributed by atoms with Gasteiger partial charge in [0.2, 0.25) is 6.79 Å². The molecule has 0 fully saturated rings. The normalized spacial score (nSPS) is 12.0. The molecule has 0 bridgehead atoms. The Morgan fingerprint density at radius 1 is 1.18 bits per heavy atom. The second kappa shape index (κ2) is 5.53. The summed E-state index contributed by atoms with van der Waals surface area (Å²) >= 11 is 5.92. The monoisotopic (exact) mass is 320 g/mol. The fourth-order valence-corrected chi connectivity index (χ4v) is 2.24. The molecule has 2 aromatic rings. The standard InChI is InChI=1S/C14H9ClN2O5/c15-11-6-9(17(19)20)2-3-10(11)14(18)16-8-1-4-12-13(5-8)22-7-21-12/h1-6H,7H2,(H,16,18). The first-order valence-corrected chi connectivity index (χ1v) is 6.57. The summed E-state index contributed by atoms with van der Waals surface area (Å²) < 4.78 is 10.4. The van der Waals surface area contributed by atoms with Gasteiger partial charge in [-0.3, -0.25) is 14.9 Å². The van der Waals surface area contributed by atoms with Gasteiger partial charge < -0.3 is 14.8 Å². The van der Waals surface area contributed by atoms with Gasteiger partial charge in [-0.15, -0.1) is 0 Å². The minimum absolute atomic E-state index is 0.00689. The number of nitrogens with zero attached hydrogens (tertiary/aromatic N) is 1. The third-order valence-corrected chi connectivity index (χ3v) is 3.35. The number of halogens is 1. The number of nitrogens with one attached hydrogen (secondary N) is 1. The van der Waals surface area contributed by atoms with E-state index in [2.05, 4.69) is 5.32 Å². The van der Waals surface area contributed by atoms with Gasteiger partial charge in [0.1, 0.15) is 0 Å². The van der Waals surface area contributed by atoms with Crippen molar-refractivity contribution >= 4 is 28.9 Å². The number of amides is 1. The molecule has 0 saturated heterocycles. The summed E-state index contributed by atoms with van der Waals surface area (Å²) in [6.45, 7) is 0.140. The van der Waals surface area contributed by atoms with E-state index in [9.17, 15) is 14.9 Å². The molecule has 1 N–H and O–H groups in total. The van der Waals surface area contributed by atoms with Crippen LogP contribution in [0.5, 0.6) is 11.5 Å². The van der Waals surface area contributed by atoms with Crippen molar-refractivity contribution in [1.29, 1.82) is 0 Å². The molecule has 0 unspecified atom stereocenters. The Morgan fingerprint density at radius 2 is 1.95 bits per heavy atom. The average Bonchev–Trinajstić information content (AvgIpc) is 2.94. The van der Waals surface area contributed by atoms with Gasteiger partial charge in [-0.25, -0.2) is 0 Å². The summed E-state index contributed by atoms with van der Waals surface area (Å²) in [6, 6.07) is 8.62. The molecular weight excluding hydrogens is 312 g/mol. The third-order valence-electron chi connectivity index (χ3n) is 3.04. The van der Waals surface area contributed by atoms with Crippen LogP contribution < -0.4 is 14.8 Å². The molecule has 0 aromatic heterocycles. The predicted octanol–water partition coefficient (Wildman–Crippen LogP) is 3.23. The zero-order valence-corrected chi connectivity index (χ0v) is 11.8. The van der Waals surface area contributed by atoms with E-state index in [0.717, 1.165) is 6.07 Å². The van der Waals surface area contributed by atoms with Crippen LogP contribution in [-0.2, 0) is 0 Å². The zero-order valence-electron chi connectivity index (χ0n) is 11.0. The van der Waals surface area contributed by atoms with Gasteiger partial charge in [0, 0.05) is 23.9 Å². The highest BCUT2D eigenvalue weighted by Crippen LogP contribution is 2.34. The highest BCUT2D eigenvalue weighted by Gasteiger charge is 2.17. The number of anilines is 1. The average molecular weight is 321 g/mol. The van der Waals surface area contributed by atoms with Gasteiger partial charge in [0.15, 0.2) is 11.5 Å². The van der Waals surface area contributed by atoms with Crippen LogP contribution in [0.3, 0.4) is 0 Å². The van der Waals surface area contributed by atoms with Gasteiger partial charge in [0.05, 0.1) is 15.5 Å². The number of nitro benzene ring substituents is 1. The molecule has 2 aromatic carbocycles. The molecule has 1 heterocycles. The van der Waals surface area contributed by atoms with Crippen LogP contribution in [0.1, 0.15) is 10.4 Å². The fourth-order valence-electron chi connectivity index (χ4n) is 1.97. The molecule has 0 radical (unpaired) electrons. The minimum atomic E-state index is -0.578. The molecule has 112 valence electrons. The van der Waals surface area contributed by atoms with Crippen molar-refractivity contribution in [2.75, 3.05) is 12.1 Å². The number of rotatable bonds is 3. The number of ether oxygens (including phenoxy) is 2. The van der Waals surface area contributed by atoms with Gasteiger partial charge in [-0.05, 0) is 18.2 Å². The summed E-state index contributed by atoms with van der Waals surface area (Å²) in [7, 11) is 0. The van der Waals surface area contributed by atoms with E-state index in [1.54, 1.807) is 18.2 Å². The molecule has 0 saturated carbocycles. The second-order valence-electron chi connectivity index (χ2n) is 4.44. The highest BCUT2D eigenvalue weighted by atomic mass is 35.5. The van der Waals surface area contributed by atoms with Crippen LogP contribution >= 0.6 is 11.6 Å². The summed E-state index contributed by atoms with van der Waals surface area (Å²) in [5.41, 5.74) is 0.471. The van der Waals surface area contributed by atoms with Crippen LogP contribution in [0.25, 0.3) is 0 Å². The molecular formula is C14H9ClN2O5. The van der Waals surface area contributed by atoms with Crippen molar-refractivity contribution in [3.63, 3.8) is 0 Å². The Bertz CT molecular complexity index is 778. The van der Waals surface area contributed by atoms with E-state index in [0.29, 0.717) is 17.2 Å². The number of fused-ring (bicyclic) bond motifs is 1. The lowest BCUT2D eigenvalue weighted by atomic mass is 10.2. The summed E-state index contributed by atoms with van der Waals surface area (Å²) in [6.07, 6.45) is 0. The summed E-state index contributed by atoms with van der Waals surface area (Å²) in [5.74, 6) is 0.665. The van der Waals surface area contributed by atoms with Gasteiger partial charge in [-0.2, -0.15) is 0 Å². The number of non-ortho nitro benzene ring substituents is 1. The van der Waals surface area contributed by atoms with Crippen LogP contribution in [-0.4, -0.2) is 17.6 Å². The van der Waals surface area contributed by atoms with Crippen molar-refractivity contribution in [3.8, 4) is 11.5 Å². The molecule has 1 aliphatic rings. The Hall–Kier alpha value is -2.80. The molecule has 7 nitrogen and oxygen atoms in total. The van der Waals surface area contributed by atoms with Gasteiger partial charge in [-0.1, -0.05) is 11.6 Å². The second-order valence-corrected chi connectivity index (χ2v) is 4.85. The number of nitro groups is 1. The zero-order chi connectivity index (χ0) is 15.7. The smallest absolute Gasteiger partial charge is 0.270 e. The Balaban J connectivity index is 1.81. The lowest BCUT2D eigenvalue weighted by molar-refractivity contribution is -0.384. The van der Waals surface area contributed by atoms with Gasteiger partial charge >= 0.3 is 0 Å². The summed E-state index contributed by atoms with van der Waals surface area (Å²) in [4.78, 5) is 22.3. The van der Waals surface area contributed by atoms with Crippen LogP contribution in [0, 0.1) is 10.1 Å². The largest absolute Gasteiger partial charge is 0.454 e. The number of hydrogen-bond donors (Lipinski definition) is 1. The van der Waals surface area contributed by atoms with Crippen molar-refractivity contribution in [1.82, 2.24) is 0 Å². The van der Waals surface area contributed by atoms with E-state index in [1.807, 2.05) is 0 Å². The Morgan fingerprint density at radius 3 is 2.68 bits per heavy atom. The quantitative estimate of drug-likeness (QED) is 0.692. The highest BCUT2D eigenvalue weighted by molar-refractivity contribution is 6.34. The molecule has 1 aliphatic heterocycles. The SMILES string of the molecule is O=C(Nc1ccc2c(c1)OCO2)c1ccc([N+](=O)[O-])cc1Cl. The van der Waals surface area contributed by atoms with E-state index < -0.39 is 10.8 Å². The molecule has 0 atom stereocenters. The van der Waals surface area contributed by atoms with Crippen LogP contribution in [0.4, 0.5) is 11.4 Å². The van der Waals surface area contributed by atoms with Crippen molar-refractivity contribution in [2.45, 2.75) is 0 Å². The lowest BCUT2D eigenvalue weighted by Crippen LogP contribution is -2.12. The van der Waals surface area contributed by atoms with E-state index >= 15 is 0 Å². The van der Waals surface area contributed by atoms with E-state index in [-0.39, 0.29) is 23.1 Å². The molecule has 22 heavy (non-hydrogen) atoms. The Kier molecular flexibility index (Phi) is 3.56. The molecule has 0 aliphatic carbocycles. The first-order valence-electron chi connectivity index (χ1n) is 6.19. The van der Waals surface area contributed by atoms with Crippen molar-refractivity contribution in [2.24, 2.45) is 0 Å². The molecule has 3 rings (SSSR count). The third kappa shape index (κ3) is 2.66. The van der Waals surface area contributed by atoms with Crippen molar-refractivity contribution in [3.05, 3.63) is 57.1 Å². The Labute approximate surface area is 129 Å². The van der Waals surface area contributed by atoms with Crippen LogP contribution in [0.2, 0.25) is 5.02 Å². The lowest BCUT2D eigenvalue weighted by Gasteiger charge is -2.07.